The molecule has 0 radical (unpaired) electrons. The average molecular weight is 291 g/mol. The third-order valence-electron chi connectivity index (χ3n) is 3.54. The minimum absolute atomic E-state index is 0.0923. The maximum absolute atomic E-state index is 11.9. The second-order valence-corrected chi connectivity index (χ2v) is 4.75. The van der Waals surface area contributed by atoms with Gasteiger partial charge in [0.2, 0.25) is 0 Å². The van der Waals surface area contributed by atoms with Crippen molar-refractivity contribution in [2.24, 2.45) is 0 Å². The van der Waals surface area contributed by atoms with Crippen LogP contribution in [0.2, 0.25) is 0 Å². The van der Waals surface area contributed by atoms with Crippen molar-refractivity contribution in [3.8, 4) is 11.5 Å². The number of carbonyl (C=O) groups is 2. The van der Waals surface area contributed by atoms with Crippen LogP contribution in [0.5, 0.6) is 11.5 Å². The lowest BCUT2D eigenvalue weighted by Crippen LogP contribution is -2.26. The van der Waals surface area contributed by atoms with Gasteiger partial charge in [-0.3, -0.25) is 9.59 Å². The predicted molar refractivity (Wildman–Crippen MR) is 75.4 cm³/mol. The van der Waals surface area contributed by atoms with Crippen LogP contribution in [0, 0.1) is 0 Å². The first-order valence-electron chi connectivity index (χ1n) is 6.35. The fraction of sp³-hybridized carbons (Fsp3) is 0.333. The lowest BCUT2D eigenvalue weighted by molar-refractivity contribution is -0.128. The topological polar surface area (TPSA) is 76.1 Å². The standard InChI is InChI=1S/C15H17NO5/c1-8(17)12-13(16(2)15(19)14(12)18)9-5-6-10(20-3)11(7-9)21-4/h5-7,13,18H,1-4H3/t13-/m1/s1. The molecular formula is C15H17NO5. The monoisotopic (exact) mass is 291 g/mol. The van der Waals surface area contributed by atoms with E-state index in [-0.39, 0.29) is 11.4 Å². The Labute approximate surface area is 122 Å². The van der Waals surface area contributed by atoms with Crippen LogP contribution in [-0.4, -0.2) is 43.0 Å². The van der Waals surface area contributed by atoms with E-state index in [1.165, 1.54) is 33.1 Å². The number of amides is 1. The number of ketones is 1. The molecule has 0 bridgehead atoms. The highest BCUT2D eigenvalue weighted by molar-refractivity contribution is 6.07. The summed E-state index contributed by atoms with van der Waals surface area (Å²) in [6.07, 6.45) is 0. The second kappa shape index (κ2) is 5.47. The van der Waals surface area contributed by atoms with E-state index in [0.717, 1.165) is 0 Å². The molecule has 6 nitrogen and oxygen atoms in total. The zero-order valence-electron chi connectivity index (χ0n) is 12.3. The molecule has 1 aliphatic heterocycles. The van der Waals surface area contributed by atoms with Crippen LogP contribution < -0.4 is 9.47 Å². The van der Waals surface area contributed by atoms with Crippen LogP contribution in [0.25, 0.3) is 0 Å². The molecule has 1 aromatic carbocycles. The van der Waals surface area contributed by atoms with E-state index in [0.29, 0.717) is 17.1 Å². The molecule has 0 saturated carbocycles. The fourth-order valence-corrected chi connectivity index (χ4v) is 2.50. The summed E-state index contributed by atoms with van der Waals surface area (Å²) in [4.78, 5) is 25.0. The molecule has 0 aliphatic carbocycles. The van der Waals surface area contributed by atoms with Crippen molar-refractivity contribution < 1.29 is 24.2 Å². The molecule has 2 rings (SSSR count). The number of rotatable bonds is 4. The molecular weight excluding hydrogens is 274 g/mol. The Morgan fingerprint density at radius 3 is 2.38 bits per heavy atom. The number of likely N-dealkylation sites (N-methyl/N-ethyl adjacent to an activating group) is 1. The van der Waals surface area contributed by atoms with E-state index in [4.69, 9.17) is 9.47 Å². The Morgan fingerprint density at radius 2 is 1.86 bits per heavy atom. The molecule has 1 N–H and O–H groups in total. The molecule has 1 amide bonds. The predicted octanol–water partition coefficient (Wildman–Crippen LogP) is 1.62. The number of hydrogen-bond donors (Lipinski definition) is 1. The molecule has 6 heteroatoms. The van der Waals surface area contributed by atoms with E-state index in [9.17, 15) is 14.7 Å². The molecule has 0 fully saturated rings. The number of hydrogen-bond acceptors (Lipinski definition) is 5. The van der Waals surface area contributed by atoms with Gasteiger partial charge in [-0.25, -0.2) is 0 Å². The van der Waals surface area contributed by atoms with Gasteiger partial charge in [-0.1, -0.05) is 6.07 Å². The van der Waals surface area contributed by atoms with Gasteiger partial charge in [0, 0.05) is 7.05 Å². The SMILES string of the molecule is COc1ccc([C@@H]2C(C(C)=O)=C(O)C(=O)N2C)cc1OC. The van der Waals surface area contributed by atoms with Gasteiger partial charge in [0.15, 0.2) is 23.0 Å². The Hall–Kier alpha value is -2.50. The van der Waals surface area contributed by atoms with Crippen LogP contribution in [0.1, 0.15) is 18.5 Å². The number of nitrogens with zero attached hydrogens (tertiary/aromatic N) is 1. The van der Waals surface area contributed by atoms with E-state index in [2.05, 4.69) is 0 Å². The van der Waals surface area contributed by atoms with Crippen molar-refractivity contribution in [2.75, 3.05) is 21.3 Å². The van der Waals surface area contributed by atoms with E-state index < -0.39 is 17.7 Å². The third-order valence-corrected chi connectivity index (χ3v) is 3.54. The molecule has 21 heavy (non-hydrogen) atoms. The normalized spacial score (nSPS) is 18.2. The highest BCUT2D eigenvalue weighted by Gasteiger charge is 2.40. The lowest BCUT2D eigenvalue weighted by Gasteiger charge is -2.23. The summed E-state index contributed by atoms with van der Waals surface area (Å²) < 4.78 is 10.4. The molecule has 1 aromatic rings. The van der Waals surface area contributed by atoms with Crippen molar-refractivity contribution in [3.05, 3.63) is 35.1 Å². The van der Waals surface area contributed by atoms with Gasteiger partial charge in [0.05, 0.1) is 25.8 Å². The van der Waals surface area contributed by atoms with Gasteiger partial charge in [0.1, 0.15) is 0 Å². The third kappa shape index (κ3) is 2.33. The molecule has 0 saturated heterocycles. The summed E-state index contributed by atoms with van der Waals surface area (Å²) in [6, 6.07) is 4.49. The number of benzene rings is 1. The van der Waals surface area contributed by atoms with Gasteiger partial charge >= 0.3 is 0 Å². The van der Waals surface area contributed by atoms with E-state index >= 15 is 0 Å². The van der Waals surface area contributed by atoms with Crippen LogP contribution in [0.3, 0.4) is 0 Å². The fourth-order valence-electron chi connectivity index (χ4n) is 2.50. The molecule has 1 heterocycles. The van der Waals surface area contributed by atoms with Crippen molar-refractivity contribution in [1.29, 1.82) is 0 Å². The minimum atomic E-state index is -0.630. The first-order chi connectivity index (χ1) is 9.92. The van der Waals surface area contributed by atoms with E-state index in [1.807, 2.05) is 0 Å². The maximum Gasteiger partial charge on any atom is 0.289 e. The number of Topliss-reactive ketones (excluding diaryl/α,β-unsaturated/α-hetero) is 1. The summed E-state index contributed by atoms with van der Waals surface area (Å²) in [5, 5.41) is 9.87. The number of carbonyl (C=O) groups excluding carboxylic acids is 2. The van der Waals surface area contributed by atoms with Gasteiger partial charge < -0.3 is 19.5 Å². The number of ether oxygens (including phenoxy) is 2. The van der Waals surface area contributed by atoms with Crippen LogP contribution >= 0.6 is 0 Å². The van der Waals surface area contributed by atoms with Gasteiger partial charge in [0.25, 0.3) is 5.91 Å². The Bertz CT molecular complexity index is 635. The number of methoxy groups -OCH3 is 2. The Morgan fingerprint density at radius 1 is 1.24 bits per heavy atom. The van der Waals surface area contributed by atoms with Gasteiger partial charge in [-0.05, 0) is 24.6 Å². The second-order valence-electron chi connectivity index (χ2n) is 4.75. The number of aliphatic hydroxyl groups excluding tert-OH is 1. The highest BCUT2D eigenvalue weighted by atomic mass is 16.5. The summed E-state index contributed by atoms with van der Waals surface area (Å²) >= 11 is 0. The smallest absolute Gasteiger partial charge is 0.289 e. The lowest BCUT2D eigenvalue weighted by atomic mass is 9.96. The molecule has 0 spiro atoms. The summed E-state index contributed by atoms with van der Waals surface area (Å²) in [5.74, 6) is -0.370. The molecule has 0 aromatic heterocycles. The molecule has 0 unspecified atom stereocenters. The summed E-state index contributed by atoms with van der Waals surface area (Å²) in [5.41, 5.74) is 0.757. The first kappa shape index (κ1) is 14.9. The minimum Gasteiger partial charge on any atom is -0.503 e. The number of aliphatic hydroxyl groups is 1. The first-order valence-corrected chi connectivity index (χ1v) is 6.35. The Balaban J connectivity index is 2.55. The summed E-state index contributed by atoms with van der Waals surface area (Å²) in [7, 11) is 4.57. The molecule has 112 valence electrons. The van der Waals surface area contributed by atoms with Crippen LogP contribution in [0.4, 0.5) is 0 Å². The van der Waals surface area contributed by atoms with Crippen molar-refractivity contribution >= 4 is 11.7 Å². The van der Waals surface area contributed by atoms with Crippen LogP contribution in [0.15, 0.2) is 29.5 Å². The van der Waals surface area contributed by atoms with Crippen LogP contribution in [-0.2, 0) is 9.59 Å². The maximum atomic E-state index is 11.9. The average Bonchev–Trinajstić information content (AvgIpc) is 2.70. The molecule has 1 atom stereocenters. The zero-order chi connectivity index (χ0) is 15.7. The van der Waals surface area contributed by atoms with Gasteiger partial charge in [-0.2, -0.15) is 0 Å². The van der Waals surface area contributed by atoms with E-state index in [1.54, 1.807) is 18.2 Å². The summed E-state index contributed by atoms with van der Waals surface area (Å²) in [6.45, 7) is 1.33. The van der Waals surface area contributed by atoms with Crippen molar-refractivity contribution in [3.63, 3.8) is 0 Å². The largest absolute Gasteiger partial charge is 0.503 e. The Kier molecular flexibility index (Phi) is 3.88. The van der Waals surface area contributed by atoms with Crippen molar-refractivity contribution in [2.45, 2.75) is 13.0 Å². The van der Waals surface area contributed by atoms with Gasteiger partial charge in [-0.15, -0.1) is 0 Å². The van der Waals surface area contributed by atoms with Crippen molar-refractivity contribution in [1.82, 2.24) is 4.90 Å². The quantitative estimate of drug-likeness (QED) is 0.912. The highest BCUT2D eigenvalue weighted by Crippen LogP contribution is 2.39. The molecule has 1 aliphatic rings. The zero-order valence-corrected chi connectivity index (χ0v) is 12.3.